The highest BCUT2D eigenvalue weighted by Gasteiger charge is 2.40. The molecule has 2 heterocycles. The number of nitrogens with one attached hydrogen (secondary N) is 2. The molecular formula is C13H13F5N4O. The number of alkyl halides is 5. The van der Waals surface area contributed by atoms with Crippen LogP contribution in [-0.2, 0) is 10.9 Å². The van der Waals surface area contributed by atoms with Crippen molar-refractivity contribution in [3.05, 3.63) is 23.4 Å². The minimum absolute atomic E-state index is 0.0492. The normalized spacial score (nSPS) is 24.0. The Bertz CT molecular complexity index is 613. The summed E-state index contributed by atoms with van der Waals surface area (Å²) in [7, 11) is 0. The van der Waals surface area contributed by atoms with Crippen LogP contribution < -0.4 is 10.6 Å². The quantitative estimate of drug-likeness (QED) is 0.829. The van der Waals surface area contributed by atoms with Gasteiger partial charge in [0.25, 0.3) is 0 Å². The molecule has 10 heteroatoms. The summed E-state index contributed by atoms with van der Waals surface area (Å²) >= 11 is 0. The summed E-state index contributed by atoms with van der Waals surface area (Å²) in [4.78, 5) is 3.58. The minimum atomic E-state index is -4.60. The number of rotatable bonds is 3. The van der Waals surface area contributed by atoms with Crippen LogP contribution in [0.1, 0.15) is 18.1 Å². The zero-order valence-electron chi connectivity index (χ0n) is 11.9. The molecule has 0 radical (unpaired) electrons. The fourth-order valence-electron chi connectivity index (χ4n) is 2.10. The minimum Gasteiger partial charge on any atom is -0.367 e. The fraction of sp³-hybridized carbons (Fsp3) is 0.538. The van der Waals surface area contributed by atoms with Gasteiger partial charge in [-0.15, -0.1) is 0 Å². The van der Waals surface area contributed by atoms with Gasteiger partial charge in [-0.2, -0.15) is 27.2 Å². The lowest BCUT2D eigenvalue weighted by atomic mass is 10.1. The monoisotopic (exact) mass is 336 g/mol. The molecule has 2 N–H and O–H groups in total. The van der Waals surface area contributed by atoms with Gasteiger partial charge in [-0.25, -0.2) is 4.98 Å². The molecule has 1 aliphatic heterocycles. The third kappa shape index (κ3) is 4.27. The van der Waals surface area contributed by atoms with Crippen molar-refractivity contribution in [2.24, 2.45) is 0 Å². The average molecular weight is 336 g/mol. The van der Waals surface area contributed by atoms with Crippen molar-refractivity contribution >= 4 is 5.82 Å². The summed E-state index contributed by atoms with van der Waals surface area (Å²) in [5, 5.41) is 14.2. The van der Waals surface area contributed by atoms with E-state index in [1.165, 1.54) is 6.92 Å². The maximum absolute atomic E-state index is 13.0. The van der Waals surface area contributed by atoms with E-state index in [0.717, 1.165) is 0 Å². The number of hydrogen-bond acceptors (Lipinski definition) is 5. The Morgan fingerprint density at radius 3 is 2.78 bits per heavy atom. The molecule has 5 nitrogen and oxygen atoms in total. The number of halogens is 5. The molecule has 1 saturated heterocycles. The van der Waals surface area contributed by atoms with Crippen LogP contribution in [0.15, 0.2) is 12.3 Å². The van der Waals surface area contributed by atoms with Crippen LogP contribution >= 0.6 is 0 Å². The zero-order valence-corrected chi connectivity index (χ0v) is 11.9. The topological polar surface area (TPSA) is 70.0 Å². The SMILES string of the molecule is C[C@@H]1OC(F)(F)CN[C@@H]1CNc1ncc(C(F)(F)F)cc1C#N. The summed E-state index contributed by atoms with van der Waals surface area (Å²) in [6.45, 7) is 0.831. The van der Waals surface area contributed by atoms with Gasteiger partial charge in [-0.05, 0) is 13.0 Å². The Kier molecular flexibility index (Phi) is 4.72. The van der Waals surface area contributed by atoms with Crippen molar-refractivity contribution in [1.29, 1.82) is 5.26 Å². The lowest BCUT2D eigenvalue weighted by Crippen LogP contribution is -2.57. The Morgan fingerprint density at radius 2 is 2.22 bits per heavy atom. The molecule has 0 spiro atoms. The van der Waals surface area contributed by atoms with Gasteiger partial charge in [-0.1, -0.05) is 0 Å². The molecule has 0 aliphatic carbocycles. The van der Waals surface area contributed by atoms with Gasteiger partial charge >= 0.3 is 12.3 Å². The second-order valence-electron chi connectivity index (χ2n) is 5.06. The fourth-order valence-corrected chi connectivity index (χ4v) is 2.10. The largest absolute Gasteiger partial charge is 0.417 e. The van der Waals surface area contributed by atoms with Crippen LogP contribution in [0.5, 0.6) is 0 Å². The van der Waals surface area contributed by atoms with Crippen LogP contribution in [0.3, 0.4) is 0 Å². The van der Waals surface area contributed by atoms with Gasteiger partial charge < -0.3 is 15.4 Å². The molecule has 0 saturated carbocycles. The molecule has 1 aromatic rings. The van der Waals surface area contributed by atoms with E-state index in [9.17, 15) is 22.0 Å². The van der Waals surface area contributed by atoms with Gasteiger partial charge in [0.05, 0.1) is 29.8 Å². The summed E-state index contributed by atoms with van der Waals surface area (Å²) in [5.74, 6) is -0.0492. The van der Waals surface area contributed by atoms with E-state index in [1.807, 2.05) is 0 Å². The third-order valence-electron chi connectivity index (χ3n) is 3.32. The molecule has 1 aromatic heterocycles. The first-order valence-electron chi connectivity index (χ1n) is 6.62. The molecule has 23 heavy (non-hydrogen) atoms. The van der Waals surface area contributed by atoms with Crippen molar-refractivity contribution in [3.63, 3.8) is 0 Å². The molecule has 0 unspecified atom stereocenters. The molecular weight excluding hydrogens is 323 g/mol. The maximum atomic E-state index is 13.0. The Hall–Kier alpha value is -1.99. The number of nitriles is 1. The van der Waals surface area contributed by atoms with Crippen LogP contribution in [0.2, 0.25) is 0 Å². The lowest BCUT2D eigenvalue weighted by Gasteiger charge is -2.35. The van der Waals surface area contributed by atoms with Crippen molar-refractivity contribution in [3.8, 4) is 6.07 Å². The predicted molar refractivity (Wildman–Crippen MR) is 69.7 cm³/mol. The first-order valence-corrected chi connectivity index (χ1v) is 6.62. The predicted octanol–water partition coefficient (Wildman–Crippen LogP) is 2.35. The first kappa shape index (κ1) is 17.4. The van der Waals surface area contributed by atoms with E-state index < -0.39 is 36.5 Å². The van der Waals surface area contributed by atoms with Gasteiger partial charge in [0.2, 0.25) is 0 Å². The average Bonchev–Trinajstić information content (AvgIpc) is 2.44. The van der Waals surface area contributed by atoms with Crippen molar-refractivity contribution in [2.75, 3.05) is 18.4 Å². The standard InChI is InChI=1S/C13H13F5N4O/c1-7-10(22-6-12(14,15)23-7)5-21-11-8(3-19)2-9(4-20-11)13(16,17)18/h2,4,7,10,22H,5-6H2,1H3,(H,20,21)/t7-,10+/m0/s1. The van der Waals surface area contributed by atoms with E-state index in [4.69, 9.17) is 5.26 Å². The van der Waals surface area contributed by atoms with E-state index in [2.05, 4.69) is 20.4 Å². The molecule has 0 bridgehead atoms. The number of ether oxygens (including phenoxy) is 1. The second kappa shape index (κ2) is 6.25. The lowest BCUT2D eigenvalue weighted by molar-refractivity contribution is -0.278. The summed E-state index contributed by atoms with van der Waals surface area (Å²) in [5.41, 5.74) is -1.32. The highest BCUT2D eigenvalue weighted by molar-refractivity contribution is 5.53. The molecule has 0 aromatic carbocycles. The van der Waals surface area contributed by atoms with Crippen molar-refractivity contribution in [2.45, 2.75) is 31.4 Å². The molecule has 1 fully saturated rings. The van der Waals surface area contributed by atoms with E-state index in [1.54, 1.807) is 6.07 Å². The number of anilines is 1. The summed E-state index contributed by atoms with van der Waals surface area (Å²) in [6.07, 6.45) is -8.09. The van der Waals surface area contributed by atoms with Gasteiger partial charge in [0.15, 0.2) is 0 Å². The highest BCUT2D eigenvalue weighted by Crippen LogP contribution is 2.30. The number of nitrogens with zero attached hydrogens (tertiary/aromatic N) is 2. The third-order valence-corrected chi connectivity index (χ3v) is 3.32. The Labute approximate surface area is 128 Å². The first-order chi connectivity index (χ1) is 10.6. The smallest absolute Gasteiger partial charge is 0.367 e. The van der Waals surface area contributed by atoms with Gasteiger partial charge in [-0.3, -0.25) is 0 Å². The Balaban J connectivity index is 2.05. The van der Waals surface area contributed by atoms with E-state index in [0.29, 0.717) is 12.3 Å². The molecule has 0 amide bonds. The van der Waals surface area contributed by atoms with Gasteiger partial charge in [0, 0.05) is 12.7 Å². The molecule has 2 atom stereocenters. The summed E-state index contributed by atoms with van der Waals surface area (Å²) in [6, 6.07) is 1.79. The highest BCUT2D eigenvalue weighted by atomic mass is 19.4. The van der Waals surface area contributed by atoms with Crippen molar-refractivity contribution < 1.29 is 26.7 Å². The molecule has 126 valence electrons. The molecule has 2 rings (SSSR count). The summed E-state index contributed by atoms with van der Waals surface area (Å²) < 4.78 is 68.2. The van der Waals surface area contributed by atoms with Gasteiger partial charge in [0.1, 0.15) is 11.9 Å². The van der Waals surface area contributed by atoms with E-state index in [-0.39, 0.29) is 17.9 Å². The Morgan fingerprint density at radius 1 is 1.52 bits per heavy atom. The second-order valence-corrected chi connectivity index (χ2v) is 5.06. The number of morpholine rings is 1. The van der Waals surface area contributed by atoms with Crippen LogP contribution in [-0.4, -0.2) is 36.3 Å². The van der Waals surface area contributed by atoms with E-state index >= 15 is 0 Å². The van der Waals surface area contributed by atoms with Crippen molar-refractivity contribution in [1.82, 2.24) is 10.3 Å². The number of pyridine rings is 1. The van der Waals surface area contributed by atoms with Crippen LogP contribution in [0, 0.1) is 11.3 Å². The van der Waals surface area contributed by atoms with Crippen LogP contribution in [0.25, 0.3) is 0 Å². The zero-order chi connectivity index (χ0) is 17.3. The molecule has 1 aliphatic rings. The maximum Gasteiger partial charge on any atom is 0.417 e. The number of aromatic nitrogens is 1. The van der Waals surface area contributed by atoms with Crippen LogP contribution in [0.4, 0.5) is 27.8 Å². The number of hydrogen-bond donors (Lipinski definition) is 2.